The maximum Gasteiger partial charge on any atom is 0.232 e. The minimum absolute atomic E-state index is 0.113. The summed E-state index contributed by atoms with van der Waals surface area (Å²) in [5.74, 6) is 0.378. The highest BCUT2D eigenvalue weighted by atomic mass is 35.5. The molecule has 2 heterocycles. The van der Waals surface area contributed by atoms with Crippen LogP contribution in [0.5, 0.6) is 5.88 Å². The van der Waals surface area contributed by atoms with E-state index in [0.717, 1.165) is 6.42 Å². The van der Waals surface area contributed by atoms with Crippen molar-refractivity contribution in [3.8, 4) is 5.88 Å². The Morgan fingerprint density at radius 2 is 2.28 bits per heavy atom. The van der Waals surface area contributed by atoms with E-state index in [1.807, 2.05) is 0 Å². The van der Waals surface area contributed by atoms with E-state index in [0.29, 0.717) is 24.0 Å². The number of ether oxygens (including phenoxy) is 1. The third-order valence-electron chi connectivity index (χ3n) is 3.05. The average molecular weight is 277 g/mol. The van der Waals surface area contributed by atoms with Crippen LogP contribution in [0.1, 0.15) is 6.42 Å². The number of nitrogens with zero attached hydrogens (tertiary/aromatic N) is 2. The van der Waals surface area contributed by atoms with Gasteiger partial charge in [-0.15, -0.1) is 0 Å². The van der Waals surface area contributed by atoms with E-state index < -0.39 is 19.4 Å². The first-order valence-corrected chi connectivity index (χ1v) is 6.25. The second kappa shape index (κ2) is 6.29. The second-order valence-corrected chi connectivity index (χ2v) is 4.68. The van der Waals surface area contributed by atoms with Crippen molar-refractivity contribution in [2.45, 2.75) is 18.6 Å². The summed E-state index contributed by atoms with van der Waals surface area (Å²) < 4.78 is 30.8. The van der Waals surface area contributed by atoms with Crippen LogP contribution in [-0.2, 0) is 0 Å². The molecular weight excluding hydrogens is 262 g/mol. The Labute approximate surface area is 110 Å². The molecule has 0 N–H and O–H groups in total. The standard InChI is InChI=1S/C12H15ClF2N2O/c13-11-2-1-4-16-12(11)18-10-3-5-17(8-10)9(6-14)7-15/h1-2,4,9-10H,3,5-8H2/t10-/m1/s1. The summed E-state index contributed by atoms with van der Waals surface area (Å²) in [6.07, 6.45) is 2.21. The van der Waals surface area contributed by atoms with Crippen LogP contribution in [0, 0.1) is 0 Å². The first-order chi connectivity index (χ1) is 8.74. The van der Waals surface area contributed by atoms with Crippen LogP contribution >= 0.6 is 11.6 Å². The predicted octanol–water partition coefficient (Wildman–Crippen LogP) is 2.50. The summed E-state index contributed by atoms with van der Waals surface area (Å²) in [7, 11) is 0. The molecule has 2 rings (SSSR count). The van der Waals surface area contributed by atoms with Gasteiger partial charge < -0.3 is 4.74 Å². The van der Waals surface area contributed by atoms with Crippen molar-refractivity contribution in [1.82, 2.24) is 9.88 Å². The van der Waals surface area contributed by atoms with Gasteiger partial charge in [0.1, 0.15) is 24.5 Å². The van der Waals surface area contributed by atoms with E-state index in [-0.39, 0.29) is 6.10 Å². The zero-order valence-electron chi connectivity index (χ0n) is 9.86. The first-order valence-electron chi connectivity index (χ1n) is 5.87. The Morgan fingerprint density at radius 3 is 2.94 bits per heavy atom. The fourth-order valence-corrected chi connectivity index (χ4v) is 2.20. The lowest BCUT2D eigenvalue weighted by atomic mass is 10.3. The van der Waals surface area contributed by atoms with Crippen LogP contribution in [0.15, 0.2) is 18.3 Å². The van der Waals surface area contributed by atoms with Crippen molar-refractivity contribution in [1.29, 1.82) is 0 Å². The number of rotatable bonds is 5. The molecular formula is C12H15ClF2N2O. The average Bonchev–Trinajstić information content (AvgIpc) is 2.82. The molecule has 0 aliphatic carbocycles. The van der Waals surface area contributed by atoms with Crippen LogP contribution in [0.4, 0.5) is 8.78 Å². The zero-order valence-corrected chi connectivity index (χ0v) is 10.6. The summed E-state index contributed by atoms with van der Waals surface area (Å²) in [6, 6.07) is 2.76. The van der Waals surface area contributed by atoms with Gasteiger partial charge in [-0.05, 0) is 18.6 Å². The van der Waals surface area contributed by atoms with Crippen LogP contribution in [0.25, 0.3) is 0 Å². The maximum absolute atomic E-state index is 12.6. The van der Waals surface area contributed by atoms with Gasteiger partial charge in [0.25, 0.3) is 0 Å². The van der Waals surface area contributed by atoms with Crippen LogP contribution < -0.4 is 4.74 Å². The Balaban J connectivity index is 1.92. The van der Waals surface area contributed by atoms with E-state index in [2.05, 4.69) is 4.98 Å². The molecule has 0 spiro atoms. The van der Waals surface area contributed by atoms with Gasteiger partial charge >= 0.3 is 0 Å². The van der Waals surface area contributed by atoms with Crippen molar-refractivity contribution in [2.24, 2.45) is 0 Å². The van der Waals surface area contributed by atoms with Crippen molar-refractivity contribution in [3.05, 3.63) is 23.4 Å². The molecule has 0 bridgehead atoms. The molecule has 18 heavy (non-hydrogen) atoms. The topological polar surface area (TPSA) is 25.4 Å². The maximum atomic E-state index is 12.6. The molecule has 6 heteroatoms. The van der Waals surface area contributed by atoms with Crippen molar-refractivity contribution >= 4 is 11.6 Å². The Morgan fingerprint density at radius 1 is 1.50 bits per heavy atom. The van der Waals surface area contributed by atoms with Gasteiger partial charge in [-0.3, -0.25) is 4.90 Å². The van der Waals surface area contributed by atoms with Gasteiger partial charge in [0.05, 0.1) is 6.04 Å². The molecule has 1 fully saturated rings. The van der Waals surface area contributed by atoms with Crippen molar-refractivity contribution < 1.29 is 13.5 Å². The smallest absolute Gasteiger partial charge is 0.232 e. The molecule has 1 aromatic rings. The van der Waals surface area contributed by atoms with Gasteiger partial charge in [0.15, 0.2) is 0 Å². The molecule has 1 aliphatic rings. The summed E-state index contributed by atoms with van der Waals surface area (Å²) in [4.78, 5) is 5.80. The van der Waals surface area contributed by atoms with Gasteiger partial charge in [-0.2, -0.15) is 0 Å². The molecule has 1 atom stereocenters. The van der Waals surface area contributed by atoms with Gasteiger partial charge in [0, 0.05) is 19.3 Å². The lowest BCUT2D eigenvalue weighted by Crippen LogP contribution is -2.38. The van der Waals surface area contributed by atoms with Gasteiger partial charge in [-0.25, -0.2) is 13.8 Å². The number of hydrogen-bond acceptors (Lipinski definition) is 3. The highest BCUT2D eigenvalue weighted by Gasteiger charge is 2.30. The Hall–Kier alpha value is -0.940. The minimum atomic E-state index is -0.673. The third-order valence-corrected chi connectivity index (χ3v) is 3.34. The highest BCUT2D eigenvalue weighted by molar-refractivity contribution is 6.31. The molecule has 1 aliphatic heterocycles. The molecule has 3 nitrogen and oxygen atoms in total. The number of aromatic nitrogens is 1. The Bertz CT molecular complexity index is 390. The van der Waals surface area contributed by atoms with Gasteiger partial charge in [-0.1, -0.05) is 11.6 Å². The number of halogens is 3. The minimum Gasteiger partial charge on any atom is -0.472 e. The summed E-state index contributed by atoms with van der Waals surface area (Å²) in [5, 5.41) is 0.448. The SMILES string of the molecule is FCC(CF)N1CC[C@@H](Oc2ncccc2Cl)C1. The molecule has 1 aromatic heterocycles. The van der Waals surface area contributed by atoms with E-state index in [1.54, 1.807) is 23.2 Å². The zero-order chi connectivity index (χ0) is 13.0. The van der Waals surface area contributed by atoms with E-state index >= 15 is 0 Å². The number of alkyl halides is 2. The summed E-state index contributed by atoms with van der Waals surface area (Å²) >= 11 is 5.94. The first kappa shape index (κ1) is 13.5. The number of hydrogen-bond donors (Lipinski definition) is 0. The number of pyridine rings is 1. The molecule has 0 amide bonds. The lowest BCUT2D eigenvalue weighted by molar-refractivity contribution is 0.139. The second-order valence-electron chi connectivity index (χ2n) is 4.28. The fourth-order valence-electron chi connectivity index (χ4n) is 2.03. The lowest BCUT2D eigenvalue weighted by Gasteiger charge is -2.22. The van der Waals surface area contributed by atoms with Crippen LogP contribution in [0.2, 0.25) is 5.02 Å². The highest BCUT2D eigenvalue weighted by Crippen LogP contribution is 2.24. The van der Waals surface area contributed by atoms with Crippen molar-refractivity contribution in [2.75, 3.05) is 26.4 Å². The molecule has 0 radical (unpaired) electrons. The predicted molar refractivity (Wildman–Crippen MR) is 65.6 cm³/mol. The Kier molecular flexibility index (Phi) is 4.72. The van der Waals surface area contributed by atoms with E-state index in [9.17, 15) is 8.78 Å². The molecule has 0 saturated carbocycles. The molecule has 100 valence electrons. The summed E-state index contributed by atoms with van der Waals surface area (Å²) in [6.45, 7) is -0.208. The quantitative estimate of drug-likeness (QED) is 0.826. The van der Waals surface area contributed by atoms with E-state index in [4.69, 9.17) is 16.3 Å². The summed E-state index contributed by atoms with van der Waals surface area (Å²) in [5.41, 5.74) is 0. The van der Waals surface area contributed by atoms with Crippen LogP contribution in [0.3, 0.4) is 0 Å². The number of likely N-dealkylation sites (tertiary alicyclic amines) is 1. The molecule has 0 aromatic carbocycles. The molecule has 1 saturated heterocycles. The fraction of sp³-hybridized carbons (Fsp3) is 0.583. The van der Waals surface area contributed by atoms with Crippen LogP contribution in [-0.4, -0.2) is 48.5 Å². The monoisotopic (exact) mass is 276 g/mol. The normalized spacial score (nSPS) is 20.6. The third kappa shape index (κ3) is 3.09. The van der Waals surface area contributed by atoms with Crippen molar-refractivity contribution in [3.63, 3.8) is 0 Å². The largest absolute Gasteiger partial charge is 0.472 e. The molecule has 0 unspecified atom stereocenters. The van der Waals surface area contributed by atoms with E-state index in [1.165, 1.54) is 0 Å². The van der Waals surface area contributed by atoms with Gasteiger partial charge in [0.2, 0.25) is 5.88 Å².